The van der Waals surface area contributed by atoms with Crippen LogP contribution in [0.15, 0.2) is 48.5 Å². The number of nitrogens with one attached hydrogen (secondary N) is 1. The normalized spacial score (nSPS) is 11.4. The second kappa shape index (κ2) is 7.26. The van der Waals surface area contributed by atoms with Gasteiger partial charge in [0.15, 0.2) is 6.10 Å². The van der Waals surface area contributed by atoms with Crippen LogP contribution < -0.4 is 14.8 Å². The molecule has 2 rings (SSSR count). The van der Waals surface area contributed by atoms with E-state index in [9.17, 15) is 14.9 Å². The highest BCUT2D eigenvalue weighted by Crippen LogP contribution is 2.21. The van der Waals surface area contributed by atoms with Crippen molar-refractivity contribution in [3.63, 3.8) is 0 Å². The molecule has 0 bridgehead atoms. The highest BCUT2D eigenvalue weighted by Gasteiger charge is 2.16. The second-order valence-corrected chi connectivity index (χ2v) is 4.74. The van der Waals surface area contributed by atoms with Crippen LogP contribution in [0.25, 0.3) is 0 Å². The summed E-state index contributed by atoms with van der Waals surface area (Å²) in [7, 11) is 1.54. The Balaban J connectivity index is 2.02. The highest BCUT2D eigenvalue weighted by molar-refractivity contribution is 5.94. The van der Waals surface area contributed by atoms with Crippen LogP contribution in [0.1, 0.15) is 6.92 Å². The van der Waals surface area contributed by atoms with Gasteiger partial charge in [-0.25, -0.2) is 0 Å². The molecule has 0 saturated heterocycles. The Morgan fingerprint density at radius 3 is 2.57 bits per heavy atom. The first-order valence-electron chi connectivity index (χ1n) is 6.85. The molecule has 120 valence electrons. The standard InChI is InChI=1S/C16H16N2O5/c1-11(23-15-8-4-7-14(10-15)22-2)16(19)17-12-5-3-6-13(9-12)18(20)21/h3-11H,1-2H3,(H,17,19)/t11-/m1/s1. The maximum absolute atomic E-state index is 12.1. The zero-order valence-electron chi connectivity index (χ0n) is 12.7. The minimum Gasteiger partial charge on any atom is -0.497 e. The van der Waals surface area contributed by atoms with E-state index in [0.717, 1.165) is 0 Å². The van der Waals surface area contributed by atoms with Gasteiger partial charge in [-0.05, 0) is 25.1 Å². The summed E-state index contributed by atoms with van der Waals surface area (Å²) in [5, 5.41) is 13.3. The lowest BCUT2D eigenvalue weighted by Crippen LogP contribution is -2.30. The fourth-order valence-corrected chi connectivity index (χ4v) is 1.87. The van der Waals surface area contributed by atoms with E-state index in [0.29, 0.717) is 17.2 Å². The Morgan fingerprint density at radius 2 is 1.87 bits per heavy atom. The van der Waals surface area contributed by atoms with Gasteiger partial charge in [-0.2, -0.15) is 0 Å². The topological polar surface area (TPSA) is 90.7 Å². The van der Waals surface area contributed by atoms with Crippen molar-refractivity contribution in [1.82, 2.24) is 0 Å². The Kier molecular flexibility index (Phi) is 5.14. The summed E-state index contributed by atoms with van der Waals surface area (Å²) in [6.07, 6.45) is -0.777. The summed E-state index contributed by atoms with van der Waals surface area (Å²) in [5.74, 6) is 0.702. The molecule has 2 aromatic rings. The molecule has 7 heteroatoms. The molecule has 23 heavy (non-hydrogen) atoms. The van der Waals surface area contributed by atoms with Crippen molar-refractivity contribution < 1.29 is 19.2 Å². The molecule has 0 fully saturated rings. The van der Waals surface area contributed by atoms with Crippen molar-refractivity contribution in [2.75, 3.05) is 12.4 Å². The van der Waals surface area contributed by atoms with Gasteiger partial charge in [0.2, 0.25) is 0 Å². The summed E-state index contributed by atoms with van der Waals surface area (Å²) >= 11 is 0. The second-order valence-electron chi connectivity index (χ2n) is 4.74. The molecular weight excluding hydrogens is 300 g/mol. The number of amides is 1. The van der Waals surface area contributed by atoms with E-state index in [1.807, 2.05) is 0 Å². The number of ether oxygens (including phenoxy) is 2. The van der Waals surface area contributed by atoms with E-state index in [1.165, 1.54) is 25.3 Å². The molecule has 0 aromatic heterocycles. The number of nitrogens with zero attached hydrogens (tertiary/aromatic N) is 1. The number of carbonyl (C=O) groups excluding carboxylic acids is 1. The third-order valence-electron chi connectivity index (χ3n) is 3.05. The van der Waals surface area contributed by atoms with E-state index in [-0.39, 0.29) is 5.69 Å². The molecule has 0 aliphatic carbocycles. The molecule has 0 unspecified atom stereocenters. The predicted octanol–water partition coefficient (Wildman–Crippen LogP) is 3.01. The van der Waals surface area contributed by atoms with Gasteiger partial charge in [0, 0.05) is 23.9 Å². The van der Waals surface area contributed by atoms with Gasteiger partial charge in [0.05, 0.1) is 12.0 Å². The SMILES string of the molecule is COc1cccc(O[C@H](C)C(=O)Nc2cccc([N+](=O)[O-])c2)c1. The van der Waals surface area contributed by atoms with Crippen molar-refractivity contribution in [3.8, 4) is 11.5 Å². The predicted molar refractivity (Wildman–Crippen MR) is 84.8 cm³/mol. The summed E-state index contributed by atoms with van der Waals surface area (Å²) < 4.78 is 10.6. The molecule has 0 spiro atoms. The summed E-state index contributed by atoms with van der Waals surface area (Å²) in [6, 6.07) is 12.6. The Morgan fingerprint density at radius 1 is 1.17 bits per heavy atom. The van der Waals surface area contributed by atoms with E-state index in [4.69, 9.17) is 9.47 Å². The number of carbonyl (C=O) groups is 1. The van der Waals surface area contributed by atoms with Crippen LogP contribution in [-0.4, -0.2) is 24.0 Å². The molecule has 7 nitrogen and oxygen atoms in total. The Hall–Kier alpha value is -3.09. The first-order valence-corrected chi connectivity index (χ1v) is 6.85. The number of benzene rings is 2. The number of hydrogen-bond acceptors (Lipinski definition) is 5. The number of non-ortho nitro benzene ring substituents is 1. The Bertz CT molecular complexity index is 717. The largest absolute Gasteiger partial charge is 0.497 e. The lowest BCUT2D eigenvalue weighted by atomic mass is 10.2. The van der Waals surface area contributed by atoms with Crippen LogP contribution >= 0.6 is 0 Å². The van der Waals surface area contributed by atoms with Crippen molar-refractivity contribution in [2.45, 2.75) is 13.0 Å². The van der Waals surface area contributed by atoms with Crippen molar-refractivity contribution in [2.24, 2.45) is 0 Å². The number of hydrogen-bond donors (Lipinski definition) is 1. The third kappa shape index (κ3) is 4.44. The lowest BCUT2D eigenvalue weighted by Gasteiger charge is -2.15. The maximum atomic E-state index is 12.1. The number of nitro benzene ring substituents is 1. The average molecular weight is 316 g/mol. The number of methoxy groups -OCH3 is 1. The smallest absolute Gasteiger partial charge is 0.271 e. The van der Waals surface area contributed by atoms with Gasteiger partial charge < -0.3 is 14.8 Å². The molecule has 0 aliphatic rings. The first kappa shape index (κ1) is 16.3. The van der Waals surface area contributed by atoms with Crippen molar-refractivity contribution >= 4 is 17.3 Å². The van der Waals surface area contributed by atoms with E-state index in [2.05, 4.69) is 5.32 Å². The summed E-state index contributed by atoms with van der Waals surface area (Å²) in [4.78, 5) is 22.3. The monoisotopic (exact) mass is 316 g/mol. The zero-order valence-corrected chi connectivity index (χ0v) is 12.7. The van der Waals surface area contributed by atoms with Gasteiger partial charge in [-0.1, -0.05) is 12.1 Å². The van der Waals surface area contributed by atoms with Crippen LogP contribution in [0.2, 0.25) is 0 Å². The Labute approximate surface area is 133 Å². The number of nitro groups is 1. The molecule has 1 amide bonds. The third-order valence-corrected chi connectivity index (χ3v) is 3.05. The van der Waals surface area contributed by atoms with Crippen LogP contribution in [0.3, 0.4) is 0 Å². The highest BCUT2D eigenvalue weighted by atomic mass is 16.6. The van der Waals surface area contributed by atoms with Gasteiger partial charge in [-0.15, -0.1) is 0 Å². The van der Waals surface area contributed by atoms with Gasteiger partial charge >= 0.3 is 0 Å². The van der Waals surface area contributed by atoms with E-state index in [1.54, 1.807) is 37.3 Å². The molecule has 0 saturated carbocycles. The fourth-order valence-electron chi connectivity index (χ4n) is 1.87. The van der Waals surface area contributed by atoms with Crippen LogP contribution in [0.5, 0.6) is 11.5 Å². The first-order chi connectivity index (χ1) is 11.0. The average Bonchev–Trinajstić information content (AvgIpc) is 2.55. The molecule has 0 aliphatic heterocycles. The molecule has 0 radical (unpaired) electrons. The molecule has 1 N–H and O–H groups in total. The molecule has 0 heterocycles. The van der Waals surface area contributed by atoms with Crippen molar-refractivity contribution in [1.29, 1.82) is 0 Å². The minimum atomic E-state index is -0.777. The van der Waals surface area contributed by atoms with Gasteiger partial charge in [0.25, 0.3) is 11.6 Å². The minimum absolute atomic E-state index is 0.0934. The zero-order chi connectivity index (χ0) is 16.8. The number of rotatable bonds is 6. The summed E-state index contributed by atoms with van der Waals surface area (Å²) in [5.41, 5.74) is 0.245. The molecular formula is C16H16N2O5. The van der Waals surface area contributed by atoms with Gasteiger partial charge in [-0.3, -0.25) is 14.9 Å². The van der Waals surface area contributed by atoms with Crippen LogP contribution in [0.4, 0.5) is 11.4 Å². The lowest BCUT2D eigenvalue weighted by molar-refractivity contribution is -0.384. The summed E-state index contributed by atoms with van der Waals surface area (Å²) in [6.45, 7) is 1.59. The number of anilines is 1. The quantitative estimate of drug-likeness (QED) is 0.653. The molecule has 1 atom stereocenters. The maximum Gasteiger partial charge on any atom is 0.271 e. The van der Waals surface area contributed by atoms with Crippen LogP contribution in [-0.2, 0) is 4.79 Å². The van der Waals surface area contributed by atoms with Crippen LogP contribution in [0, 0.1) is 10.1 Å². The van der Waals surface area contributed by atoms with Crippen molar-refractivity contribution in [3.05, 3.63) is 58.6 Å². The van der Waals surface area contributed by atoms with E-state index >= 15 is 0 Å². The van der Waals surface area contributed by atoms with Gasteiger partial charge in [0.1, 0.15) is 11.5 Å². The molecule has 2 aromatic carbocycles. The van der Waals surface area contributed by atoms with E-state index < -0.39 is 16.9 Å². The fraction of sp³-hybridized carbons (Fsp3) is 0.188.